The molecule has 0 amide bonds. The minimum atomic E-state index is -3.89. The highest BCUT2D eigenvalue weighted by molar-refractivity contribution is 7.92. The molecule has 0 aliphatic heterocycles. The van der Waals surface area contributed by atoms with Crippen molar-refractivity contribution in [3.05, 3.63) is 77.3 Å². The Labute approximate surface area is 174 Å². The zero-order valence-electron chi connectivity index (χ0n) is 15.2. The first-order valence-electron chi connectivity index (χ1n) is 8.25. The number of nitrogens with two attached hydrogens (primary N) is 1. The maximum Gasteiger partial charge on any atom is 0.261 e. The smallest absolute Gasteiger partial charge is 0.261 e. The summed E-state index contributed by atoms with van der Waals surface area (Å²) in [6.45, 7) is 1.53. The molecule has 3 N–H and O–H groups in total. The average Bonchev–Trinajstić information content (AvgIpc) is 2.63. The summed E-state index contributed by atoms with van der Waals surface area (Å²) in [4.78, 5) is -0.0568. The van der Waals surface area contributed by atoms with Crippen molar-refractivity contribution in [1.29, 1.82) is 0 Å². The molecule has 3 rings (SSSR count). The van der Waals surface area contributed by atoms with Gasteiger partial charge in [-0.1, -0.05) is 23.7 Å². The molecule has 0 aliphatic rings. The molecule has 0 aromatic heterocycles. The molecule has 3 aromatic rings. The number of hydrogen-bond donors (Lipinski definition) is 2. The van der Waals surface area contributed by atoms with Crippen LogP contribution in [0.4, 0.5) is 5.69 Å². The number of hydrogen-bond acceptors (Lipinski definition) is 5. The van der Waals surface area contributed by atoms with E-state index in [0.717, 1.165) is 0 Å². The summed E-state index contributed by atoms with van der Waals surface area (Å²) in [5.41, 5.74) is 0.544. The Balaban J connectivity index is 1.79. The number of aryl methyl sites for hydroxylation is 1. The van der Waals surface area contributed by atoms with E-state index in [4.69, 9.17) is 21.5 Å². The molecule has 3 aromatic carbocycles. The van der Waals surface area contributed by atoms with E-state index in [1.807, 2.05) is 0 Å². The standard InChI is InChI=1S/C19H17ClN2O5S2/c1-13-12-14(6-11-19(13)28(21,23)24)22-29(25,26)16-9-7-15(8-10-16)27-18-5-3-2-4-17(18)20/h2-12,22H,1H3,(H2,21,23,24). The molecular formula is C19H17ClN2O5S2. The Bertz CT molecular complexity index is 1260. The molecular weight excluding hydrogens is 436 g/mol. The quantitative estimate of drug-likeness (QED) is 0.588. The highest BCUT2D eigenvalue weighted by Crippen LogP contribution is 2.29. The van der Waals surface area contributed by atoms with Crippen LogP contribution in [-0.4, -0.2) is 16.8 Å². The number of halogens is 1. The predicted octanol–water partition coefficient (Wildman–Crippen LogP) is 3.89. The number of benzene rings is 3. The van der Waals surface area contributed by atoms with Crippen LogP contribution in [-0.2, 0) is 20.0 Å². The summed E-state index contributed by atoms with van der Waals surface area (Å²) in [6, 6.07) is 16.7. The van der Waals surface area contributed by atoms with Crippen LogP contribution >= 0.6 is 11.6 Å². The molecule has 29 heavy (non-hydrogen) atoms. The second-order valence-corrected chi connectivity index (χ2v) is 9.75. The second kappa shape index (κ2) is 8.03. The molecule has 0 atom stereocenters. The molecule has 0 fully saturated rings. The molecule has 7 nitrogen and oxygen atoms in total. The van der Waals surface area contributed by atoms with Gasteiger partial charge in [-0.2, -0.15) is 0 Å². The lowest BCUT2D eigenvalue weighted by Gasteiger charge is -2.11. The van der Waals surface area contributed by atoms with E-state index >= 15 is 0 Å². The Morgan fingerprint density at radius 3 is 2.17 bits per heavy atom. The SMILES string of the molecule is Cc1cc(NS(=O)(=O)c2ccc(Oc3ccccc3Cl)cc2)ccc1S(N)(=O)=O. The van der Waals surface area contributed by atoms with Crippen molar-refractivity contribution in [2.75, 3.05) is 4.72 Å². The molecule has 0 unspecified atom stereocenters. The predicted molar refractivity (Wildman–Crippen MR) is 111 cm³/mol. The molecule has 152 valence electrons. The van der Waals surface area contributed by atoms with Crippen molar-refractivity contribution in [2.24, 2.45) is 5.14 Å². The second-order valence-electron chi connectivity index (χ2n) is 6.13. The summed E-state index contributed by atoms with van der Waals surface area (Å²) in [5, 5.41) is 5.55. The van der Waals surface area contributed by atoms with Gasteiger partial charge in [0.2, 0.25) is 10.0 Å². The van der Waals surface area contributed by atoms with Crippen molar-refractivity contribution in [3.8, 4) is 11.5 Å². The summed E-state index contributed by atoms with van der Waals surface area (Å²) in [6.07, 6.45) is 0. The maximum absolute atomic E-state index is 12.6. The van der Waals surface area contributed by atoms with Crippen LogP contribution in [0.1, 0.15) is 5.56 Å². The van der Waals surface area contributed by atoms with E-state index in [2.05, 4.69) is 4.72 Å². The van der Waals surface area contributed by atoms with Crippen LogP contribution in [0, 0.1) is 6.92 Å². The van der Waals surface area contributed by atoms with Crippen LogP contribution in [0.15, 0.2) is 76.5 Å². The fourth-order valence-electron chi connectivity index (χ4n) is 2.59. The fourth-order valence-corrected chi connectivity index (χ4v) is 4.58. The number of primary sulfonamides is 1. The monoisotopic (exact) mass is 452 g/mol. The third-order valence-corrected chi connectivity index (χ3v) is 6.71. The van der Waals surface area contributed by atoms with Gasteiger partial charge in [-0.05, 0) is 67.1 Å². The number of para-hydroxylation sites is 1. The van der Waals surface area contributed by atoms with Gasteiger partial charge in [0.1, 0.15) is 11.5 Å². The van der Waals surface area contributed by atoms with Gasteiger partial charge >= 0.3 is 0 Å². The molecule has 0 saturated heterocycles. The summed E-state index contributed by atoms with van der Waals surface area (Å²) in [5.74, 6) is 0.874. The first-order chi connectivity index (χ1) is 13.6. The first-order valence-corrected chi connectivity index (χ1v) is 11.7. The van der Waals surface area contributed by atoms with Crippen LogP contribution in [0.3, 0.4) is 0 Å². The van der Waals surface area contributed by atoms with Crippen molar-refractivity contribution in [1.82, 2.24) is 0 Å². The average molecular weight is 453 g/mol. The number of ether oxygens (including phenoxy) is 1. The zero-order valence-corrected chi connectivity index (χ0v) is 17.6. The van der Waals surface area contributed by atoms with Gasteiger partial charge in [0, 0.05) is 5.69 Å². The Morgan fingerprint density at radius 2 is 1.59 bits per heavy atom. The topological polar surface area (TPSA) is 116 Å². The number of sulfonamides is 2. The number of anilines is 1. The first kappa shape index (κ1) is 21.1. The van der Waals surface area contributed by atoms with Crippen molar-refractivity contribution in [3.63, 3.8) is 0 Å². The van der Waals surface area contributed by atoms with E-state index in [1.54, 1.807) is 24.3 Å². The van der Waals surface area contributed by atoms with Crippen molar-refractivity contribution < 1.29 is 21.6 Å². The molecule has 0 aliphatic carbocycles. The van der Waals surface area contributed by atoms with Crippen molar-refractivity contribution >= 4 is 37.3 Å². The molecule has 10 heteroatoms. The van der Waals surface area contributed by atoms with E-state index in [-0.39, 0.29) is 15.5 Å². The minimum absolute atomic E-state index is 0.0113. The van der Waals surface area contributed by atoms with Gasteiger partial charge in [-0.15, -0.1) is 0 Å². The Hall–Kier alpha value is -2.59. The van der Waals surface area contributed by atoms with Gasteiger partial charge in [0.25, 0.3) is 10.0 Å². The molecule has 0 radical (unpaired) electrons. The molecule has 0 saturated carbocycles. The van der Waals surface area contributed by atoms with Gasteiger partial charge in [0.05, 0.1) is 14.8 Å². The van der Waals surface area contributed by atoms with Gasteiger partial charge in [-0.25, -0.2) is 22.0 Å². The normalized spacial score (nSPS) is 11.8. The van der Waals surface area contributed by atoms with Crippen LogP contribution in [0.5, 0.6) is 11.5 Å². The maximum atomic E-state index is 12.6. The van der Waals surface area contributed by atoms with E-state index < -0.39 is 20.0 Å². The highest BCUT2D eigenvalue weighted by Gasteiger charge is 2.17. The van der Waals surface area contributed by atoms with Gasteiger partial charge in [0.15, 0.2) is 0 Å². The van der Waals surface area contributed by atoms with E-state index in [0.29, 0.717) is 22.1 Å². The Morgan fingerprint density at radius 1 is 0.931 bits per heavy atom. The largest absolute Gasteiger partial charge is 0.456 e. The summed E-state index contributed by atoms with van der Waals surface area (Å²) in [7, 11) is -7.77. The highest BCUT2D eigenvalue weighted by atomic mass is 35.5. The van der Waals surface area contributed by atoms with Crippen LogP contribution in [0.2, 0.25) is 5.02 Å². The lowest BCUT2D eigenvalue weighted by atomic mass is 10.2. The summed E-state index contributed by atoms with van der Waals surface area (Å²) < 4.78 is 56.2. The third-order valence-electron chi connectivity index (χ3n) is 3.93. The number of rotatable bonds is 6. The Kier molecular flexibility index (Phi) is 5.85. The van der Waals surface area contributed by atoms with Gasteiger partial charge in [-0.3, -0.25) is 4.72 Å². The van der Waals surface area contributed by atoms with Crippen LogP contribution < -0.4 is 14.6 Å². The minimum Gasteiger partial charge on any atom is -0.456 e. The summed E-state index contributed by atoms with van der Waals surface area (Å²) >= 11 is 6.04. The lowest BCUT2D eigenvalue weighted by Crippen LogP contribution is -2.15. The lowest BCUT2D eigenvalue weighted by molar-refractivity contribution is 0.482. The zero-order chi connectivity index (χ0) is 21.2. The van der Waals surface area contributed by atoms with Crippen LogP contribution in [0.25, 0.3) is 0 Å². The van der Waals surface area contributed by atoms with Gasteiger partial charge < -0.3 is 4.74 Å². The molecule has 0 bridgehead atoms. The molecule has 0 spiro atoms. The van der Waals surface area contributed by atoms with Crippen molar-refractivity contribution in [2.45, 2.75) is 16.7 Å². The molecule has 0 heterocycles. The fraction of sp³-hybridized carbons (Fsp3) is 0.0526. The number of nitrogens with one attached hydrogen (secondary N) is 1. The van der Waals surface area contributed by atoms with E-state index in [9.17, 15) is 16.8 Å². The van der Waals surface area contributed by atoms with E-state index in [1.165, 1.54) is 49.4 Å². The third kappa shape index (κ3) is 5.07.